The molecule has 0 radical (unpaired) electrons. The van der Waals surface area contributed by atoms with E-state index in [0.717, 1.165) is 0 Å². The summed E-state index contributed by atoms with van der Waals surface area (Å²) in [5, 5.41) is 5.32. The van der Waals surface area contributed by atoms with Gasteiger partial charge in [-0.1, -0.05) is 6.58 Å². The maximum Gasteiger partial charge on any atom is 0.246 e. The van der Waals surface area contributed by atoms with Crippen LogP contribution in [0.3, 0.4) is 0 Å². The van der Waals surface area contributed by atoms with E-state index in [9.17, 15) is 9.59 Å². The van der Waals surface area contributed by atoms with E-state index in [1.54, 1.807) is 6.92 Å². The van der Waals surface area contributed by atoms with Crippen molar-refractivity contribution >= 4 is 11.8 Å². The van der Waals surface area contributed by atoms with Crippen LogP contribution in [-0.4, -0.2) is 24.4 Å². The summed E-state index contributed by atoms with van der Waals surface area (Å²) in [4.78, 5) is 22.1. The number of amides is 2. The minimum atomic E-state index is -0.206. The van der Waals surface area contributed by atoms with Gasteiger partial charge in [0, 0.05) is 24.6 Å². The lowest BCUT2D eigenvalue weighted by Crippen LogP contribution is -2.34. The normalized spacial score (nSPS) is 9.71. The summed E-state index contributed by atoms with van der Waals surface area (Å²) in [6, 6.07) is 0.138. The van der Waals surface area contributed by atoms with Gasteiger partial charge in [-0.15, -0.1) is 0 Å². The monoisotopic (exact) mass is 198 g/mol. The van der Waals surface area contributed by atoms with Gasteiger partial charge in [0.1, 0.15) is 0 Å². The third kappa shape index (κ3) is 6.22. The zero-order chi connectivity index (χ0) is 11.1. The molecule has 0 atom stereocenters. The van der Waals surface area contributed by atoms with E-state index in [1.807, 2.05) is 13.8 Å². The third-order valence-electron chi connectivity index (χ3n) is 1.47. The molecule has 2 amide bonds. The average Bonchev–Trinajstić information content (AvgIpc) is 2.02. The van der Waals surface area contributed by atoms with Crippen molar-refractivity contribution in [3.8, 4) is 0 Å². The first kappa shape index (κ1) is 12.7. The zero-order valence-electron chi connectivity index (χ0n) is 9.02. The maximum absolute atomic E-state index is 11.1. The van der Waals surface area contributed by atoms with Gasteiger partial charge in [0.05, 0.1) is 0 Å². The molecule has 0 aliphatic rings. The van der Waals surface area contributed by atoms with Gasteiger partial charge in [-0.3, -0.25) is 9.59 Å². The molecular weight excluding hydrogens is 180 g/mol. The fourth-order valence-corrected chi connectivity index (χ4v) is 0.835. The molecule has 0 unspecified atom stereocenters. The molecule has 2 N–H and O–H groups in total. The lowest BCUT2D eigenvalue weighted by molar-refractivity contribution is -0.121. The van der Waals surface area contributed by atoms with Crippen LogP contribution < -0.4 is 10.6 Å². The van der Waals surface area contributed by atoms with Crippen molar-refractivity contribution in [2.24, 2.45) is 0 Å². The van der Waals surface area contributed by atoms with Crippen molar-refractivity contribution in [2.45, 2.75) is 33.2 Å². The lowest BCUT2D eigenvalue weighted by atomic mass is 10.3. The second-order valence-corrected chi connectivity index (χ2v) is 3.51. The molecule has 0 aliphatic carbocycles. The van der Waals surface area contributed by atoms with Crippen LogP contribution in [0.25, 0.3) is 0 Å². The van der Waals surface area contributed by atoms with E-state index in [4.69, 9.17) is 0 Å². The van der Waals surface area contributed by atoms with Crippen LogP contribution in [-0.2, 0) is 9.59 Å². The molecule has 0 spiro atoms. The van der Waals surface area contributed by atoms with E-state index in [1.165, 1.54) is 0 Å². The predicted molar refractivity (Wildman–Crippen MR) is 55.7 cm³/mol. The number of hydrogen-bond acceptors (Lipinski definition) is 2. The fourth-order valence-electron chi connectivity index (χ4n) is 0.835. The molecule has 0 saturated carbocycles. The number of hydrogen-bond donors (Lipinski definition) is 2. The molecular formula is C10H18N2O2. The lowest BCUT2D eigenvalue weighted by Gasteiger charge is -2.08. The summed E-state index contributed by atoms with van der Waals surface area (Å²) >= 11 is 0. The Labute approximate surface area is 84.8 Å². The molecule has 80 valence electrons. The highest BCUT2D eigenvalue weighted by Crippen LogP contribution is 1.87. The van der Waals surface area contributed by atoms with Crippen molar-refractivity contribution in [2.75, 3.05) is 6.54 Å². The summed E-state index contributed by atoms with van der Waals surface area (Å²) in [7, 11) is 0. The highest BCUT2D eigenvalue weighted by molar-refractivity contribution is 5.92. The first-order valence-corrected chi connectivity index (χ1v) is 4.66. The minimum absolute atomic E-state index is 0.0537. The molecule has 0 aromatic carbocycles. The molecule has 4 nitrogen and oxygen atoms in total. The second-order valence-electron chi connectivity index (χ2n) is 3.51. The highest BCUT2D eigenvalue weighted by Gasteiger charge is 2.04. The zero-order valence-corrected chi connectivity index (χ0v) is 9.02. The Morgan fingerprint density at radius 2 is 1.93 bits per heavy atom. The molecule has 0 fully saturated rings. The van der Waals surface area contributed by atoms with E-state index >= 15 is 0 Å². The summed E-state index contributed by atoms with van der Waals surface area (Å²) in [6.07, 6.45) is 0.303. The average molecular weight is 198 g/mol. The van der Waals surface area contributed by atoms with Crippen LogP contribution >= 0.6 is 0 Å². The second kappa shape index (κ2) is 6.18. The summed E-state index contributed by atoms with van der Waals surface area (Å²) in [5.41, 5.74) is 0.453. The maximum atomic E-state index is 11.1. The van der Waals surface area contributed by atoms with Crippen LogP contribution in [0.4, 0.5) is 0 Å². The molecule has 0 heterocycles. The Hall–Kier alpha value is -1.32. The summed E-state index contributed by atoms with van der Waals surface area (Å²) in [6.45, 7) is 9.25. The molecule has 0 rings (SSSR count). The highest BCUT2D eigenvalue weighted by atomic mass is 16.2. The third-order valence-corrected chi connectivity index (χ3v) is 1.47. The Kier molecular flexibility index (Phi) is 5.60. The molecule has 14 heavy (non-hydrogen) atoms. The molecule has 0 aromatic rings. The van der Waals surface area contributed by atoms with Crippen molar-refractivity contribution in [3.05, 3.63) is 12.2 Å². The van der Waals surface area contributed by atoms with Crippen molar-refractivity contribution in [1.29, 1.82) is 0 Å². The van der Waals surface area contributed by atoms with Crippen LogP contribution in [0.1, 0.15) is 27.2 Å². The molecule has 0 saturated heterocycles. The Morgan fingerprint density at radius 3 is 2.36 bits per heavy atom. The van der Waals surface area contributed by atoms with Gasteiger partial charge in [-0.2, -0.15) is 0 Å². The van der Waals surface area contributed by atoms with Crippen molar-refractivity contribution in [1.82, 2.24) is 10.6 Å². The van der Waals surface area contributed by atoms with Gasteiger partial charge in [-0.05, 0) is 20.8 Å². The van der Waals surface area contributed by atoms with Crippen LogP contribution in [0.2, 0.25) is 0 Å². The fraction of sp³-hybridized carbons (Fsp3) is 0.600. The smallest absolute Gasteiger partial charge is 0.246 e. The van der Waals surface area contributed by atoms with Gasteiger partial charge in [0.15, 0.2) is 0 Å². The molecule has 4 heteroatoms. The van der Waals surface area contributed by atoms with E-state index in [0.29, 0.717) is 18.5 Å². The van der Waals surface area contributed by atoms with Gasteiger partial charge in [-0.25, -0.2) is 0 Å². The molecule has 0 aliphatic heterocycles. The number of carbonyl (C=O) groups excluding carboxylic acids is 2. The number of carbonyl (C=O) groups is 2. The quantitative estimate of drug-likeness (QED) is 0.635. The first-order chi connectivity index (χ1) is 6.43. The summed E-state index contributed by atoms with van der Waals surface area (Å²) in [5.74, 6) is -0.260. The van der Waals surface area contributed by atoms with Gasteiger partial charge in [0.2, 0.25) is 11.8 Å². The van der Waals surface area contributed by atoms with E-state index in [2.05, 4.69) is 17.2 Å². The van der Waals surface area contributed by atoms with Crippen LogP contribution in [0.5, 0.6) is 0 Å². The van der Waals surface area contributed by atoms with Gasteiger partial charge >= 0.3 is 0 Å². The van der Waals surface area contributed by atoms with Gasteiger partial charge < -0.3 is 10.6 Å². The van der Waals surface area contributed by atoms with Gasteiger partial charge in [0.25, 0.3) is 0 Å². The largest absolute Gasteiger partial charge is 0.354 e. The molecule has 0 bridgehead atoms. The SMILES string of the molecule is C=C(C)C(=O)NCCC(=O)NC(C)C. The predicted octanol–water partition coefficient (Wildman–Crippen LogP) is 0.593. The Balaban J connectivity index is 3.59. The van der Waals surface area contributed by atoms with Crippen molar-refractivity contribution < 1.29 is 9.59 Å². The Morgan fingerprint density at radius 1 is 1.36 bits per heavy atom. The first-order valence-electron chi connectivity index (χ1n) is 4.66. The molecule has 0 aromatic heterocycles. The standard InChI is InChI=1S/C10H18N2O2/c1-7(2)10(14)11-6-5-9(13)12-8(3)4/h8H,1,5-6H2,2-4H3,(H,11,14)(H,12,13). The van der Waals surface area contributed by atoms with Crippen molar-refractivity contribution in [3.63, 3.8) is 0 Å². The van der Waals surface area contributed by atoms with E-state index in [-0.39, 0.29) is 17.9 Å². The van der Waals surface area contributed by atoms with E-state index < -0.39 is 0 Å². The Bertz CT molecular complexity index is 234. The summed E-state index contributed by atoms with van der Waals surface area (Å²) < 4.78 is 0. The van der Waals surface area contributed by atoms with Crippen LogP contribution in [0.15, 0.2) is 12.2 Å². The topological polar surface area (TPSA) is 58.2 Å². The minimum Gasteiger partial charge on any atom is -0.354 e. The number of nitrogens with one attached hydrogen (secondary N) is 2. The number of rotatable bonds is 5. The van der Waals surface area contributed by atoms with Crippen LogP contribution in [0, 0.1) is 0 Å².